The van der Waals surface area contributed by atoms with Gasteiger partial charge < -0.3 is 24.6 Å². The Morgan fingerprint density at radius 1 is 1.26 bits per heavy atom. The molecule has 0 bridgehead atoms. The number of ether oxygens (including phenoxy) is 3. The van der Waals surface area contributed by atoms with Gasteiger partial charge in [-0.15, -0.1) is 0 Å². The highest BCUT2D eigenvalue weighted by Gasteiger charge is 2.23. The summed E-state index contributed by atoms with van der Waals surface area (Å²) in [6.07, 6.45) is -0.300. The van der Waals surface area contributed by atoms with Crippen LogP contribution in [-0.4, -0.2) is 37.4 Å². The number of phenolic OH excluding ortho intramolecular Hbond substituents is 1. The fourth-order valence-corrected chi connectivity index (χ4v) is 2.38. The molecule has 0 spiro atoms. The third kappa shape index (κ3) is 3.15. The van der Waals surface area contributed by atoms with Gasteiger partial charge in [-0.1, -0.05) is 18.2 Å². The normalized spacial score (nSPS) is 15.8. The van der Waals surface area contributed by atoms with Crippen LogP contribution in [0.25, 0.3) is 0 Å². The molecule has 1 amide bonds. The van der Waals surface area contributed by atoms with Gasteiger partial charge in [0.05, 0.1) is 13.7 Å². The van der Waals surface area contributed by atoms with Crippen LogP contribution in [0.3, 0.4) is 0 Å². The SMILES string of the molecule is COc1cccc(O)c1C(=O)NCC1COc2ccccc2O1. The monoisotopic (exact) mass is 315 g/mol. The number of benzene rings is 2. The van der Waals surface area contributed by atoms with Gasteiger partial charge in [0.2, 0.25) is 0 Å². The number of para-hydroxylation sites is 2. The number of phenols is 1. The van der Waals surface area contributed by atoms with Crippen molar-refractivity contribution in [2.24, 2.45) is 0 Å². The number of amides is 1. The quantitative estimate of drug-likeness (QED) is 0.902. The van der Waals surface area contributed by atoms with E-state index in [1.165, 1.54) is 13.2 Å². The smallest absolute Gasteiger partial charge is 0.258 e. The van der Waals surface area contributed by atoms with E-state index in [0.29, 0.717) is 23.9 Å². The molecule has 120 valence electrons. The van der Waals surface area contributed by atoms with E-state index in [9.17, 15) is 9.90 Å². The molecule has 3 rings (SSSR count). The Morgan fingerprint density at radius 2 is 2.04 bits per heavy atom. The summed E-state index contributed by atoms with van der Waals surface area (Å²) < 4.78 is 16.5. The number of nitrogens with one attached hydrogen (secondary N) is 1. The van der Waals surface area contributed by atoms with Crippen LogP contribution in [0.1, 0.15) is 10.4 Å². The molecule has 1 aliphatic rings. The first kappa shape index (κ1) is 15.0. The predicted molar refractivity (Wildman–Crippen MR) is 83.3 cm³/mol. The lowest BCUT2D eigenvalue weighted by molar-refractivity contribution is 0.0786. The minimum atomic E-state index is -0.428. The van der Waals surface area contributed by atoms with Crippen molar-refractivity contribution in [2.45, 2.75) is 6.10 Å². The van der Waals surface area contributed by atoms with E-state index in [0.717, 1.165) is 0 Å². The van der Waals surface area contributed by atoms with E-state index in [1.54, 1.807) is 12.1 Å². The minimum Gasteiger partial charge on any atom is -0.507 e. The Balaban J connectivity index is 1.65. The van der Waals surface area contributed by atoms with Gasteiger partial charge in [-0.3, -0.25) is 4.79 Å². The molecule has 0 saturated carbocycles. The maximum Gasteiger partial charge on any atom is 0.258 e. The van der Waals surface area contributed by atoms with Crippen LogP contribution < -0.4 is 19.5 Å². The zero-order chi connectivity index (χ0) is 16.2. The Labute approximate surface area is 133 Å². The lowest BCUT2D eigenvalue weighted by atomic mass is 10.1. The van der Waals surface area contributed by atoms with Crippen molar-refractivity contribution in [3.63, 3.8) is 0 Å². The first-order valence-electron chi connectivity index (χ1n) is 7.21. The highest BCUT2D eigenvalue weighted by molar-refractivity contribution is 5.99. The van der Waals surface area contributed by atoms with Gasteiger partial charge in [0.15, 0.2) is 11.5 Å². The average molecular weight is 315 g/mol. The van der Waals surface area contributed by atoms with E-state index in [1.807, 2.05) is 24.3 Å². The van der Waals surface area contributed by atoms with Gasteiger partial charge in [0.1, 0.15) is 29.8 Å². The summed E-state index contributed by atoms with van der Waals surface area (Å²) in [6, 6.07) is 12.0. The molecule has 2 aromatic rings. The topological polar surface area (TPSA) is 77.0 Å². The molecule has 2 aromatic carbocycles. The molecular formula is C17H17NO5. The van der Waals surface area contributed by atoms with Gasteiger partial charge in [-0.25, -0.2) is 0 Å². The molecule has 6 nitrogen and oxygen atoms in total. The second kappa shape index (κ2) is 6.48. The van der Waals surface area contributed by atoms with Crippen molar-refractivity contribution < 1.29 is 24.1 Å². The van der Waals surface area contributed by atoms with E-state index in [-0.39, 0.29) is 24.0 Å². The van der Waals surface area contributed by atoms with Gasteiger partial charge in [0, 0.05) is 0 Å². The number of methoxy groups -OCH3 is 1. The van der Waals surface area contributed by atoms with Crippen molar-refractivity contribution in [3.05, 3.63) is 48.0 Å². The van der Waals surface area contributed by atoms with Gasteiger partial charge in [-0.05, 0) is 24.3 Å². The summed E-state index contributed by atoms with van der Waals surface area (Å²) in [5, 5.41) is 12.6. The van der Waals surface area contributed by atoms with Crippen molar-refractivity contribution in [1.29, 1.82) is 0 Å². The zero-order valence-electron chi connectivity index (χ0n) is 12.6. The molecular weight excluding hydrogens is 298 g/mol. The van der Waals surface area contributed by atoms with Gasteiger partial charge in [-0.2, -0.15) is 0 Å². The summed E-state index contributed by atoms with van der Waals surface area (Å²) in [5.41, 5.74) is 0.104. The zero-order valence-corrected chi connectivity index (χ0v) is 12.6. The summed E-state index contributed by atoms with van der Waals surface area (Å²) in [7, 11) is 1.45. The van der Waals surface area contributed by atoms with Gasteiger partial charge >= 0.3 is 0 Å². The third-order valence-corrected chi connectivity index (χ3v) is 3.51. The largest absolute Gasteiger partial charge is 0.507 e. The van der Waals surface area contributed by atoms with Crippen molar-refractivity contribution in [1.82, 2.24) is 5.32 Å². The Kier molecular flexibility index (Phi) is 4.23. The van der Waals surface area contributed by atoms with Gasteiger partial charge in [0.25, 0.3) is 5.91 Å². The van der Waals surface area contributed by atoms with E-state index in [2.05, 4.69) is 5.32 Å². The molecule has 0 fully saturated rings. The third-order valence-electron chi connectivity index (χ3n) is 3.51. The summed E-state index contributed by atoms with van der Waals surface area (Å²) >= 11 is 0. The standard InChI is InChI=1S/C17H17NO5/c1-21-15-8-4-5-12(19)16(15)17(20)18-9-11-10-22-13-6-2-3-7-14(13)23-11/h2-8,11,19H,9-10H2,1H3,(H,18,20). The Hall–Kier alpha value is -2.89. The highest BCUT2D eigenvalue weighted by Crippen LogP contribution is 2.31. The summed E-state index contributed by atoms with van der Waals surface area (Å²) in [6.45, 7) is 0.597. The number of hydrogen-bond donors (Lipinski definition) is 2. The maximum atomic E-state index is 12.3. The Bertz CT molecular complexity index is 716. The number of fused-ring (bicyclic) bond motifs is 1. The molecule has 0 aromatic heterocycles. The molecule has 1 heterocycles. The van der Waals surface area contributed by atoms with E-state index in [4.69, 9.17) is 14.2 Å². The molecule has 0 radical (unpaired) electrons. The first-order valence-corrected chi connectivity index (χ1v) is 7.21. The number of aromatic hydroxyl groups is 1. The fraction of sp³-hybridized carbons (Fsp3) is 0.235. The minimum absolute atomic E-state index is 0.104. The first-order chi connectivity index (χ1) is 11.2. The average Bonchev–Trinajstić information content (AvgIpc) is 2.59. The molecule has 0 aliphatic carbocycles. The number of carbonyl (C=O) groups is 1. The molecule has 1 unspecified atom stereocenters. The van der Waals surface area contributed by atoms with Crippen molar-refractivity contribution in [2.75, 3.05) is 20.3 Å². The van der Waals surface area contributed by atoms with Crippen LogP contribution in [0.5, 0.6) is 23.0 Å². The molecule has 2 N–H and O–H groups in total. The van der Waals surface area contributed by atoms with Crippen LogP contribution in [0.15, 0.2) is 42.5 Å². The maximum absolute atomic E-state index is 12.3. The molecule has 6 heteroatoms. The summed E-state index contributed by atoms with van der Waals surface area (Å²) in [4.78, 5) is 12.3. The van der Waals surface area contributed by atoms with Crippen LogP contribution in [-0.2, 0) is 0 Å². The molecule has 1 aliphatic heterocycles. The van der Waals surface area contributed by atoms with E-state index < -0.39 is 5.91 Å². The fourth-order valence-electron chi connectivity index (χ4n) is 2.38. The summed E-state index contributed by atoms with van der Waals surface area (Å²) in [5.74, 6) is 1.10. The van der Waals surface area contributed by atoms with Crippen LogP contribution in [0, 0.1) is 0 Å². The molecule has 1 atom stereocenters. The highest BCUT2D eigenvalue weighted by atomic mass is 16.6. The lowest BCUT2D eigenvalue weighted by Gasteiger charge is -2.26. The second-order valence-corrected chi connectivity index (χ2v) is 5.06. The van der Waals surface area contributed by atoms with Crippen molar-refractivity contribution >= 4 is 5.91 Å². The lowest BCUT2D eigenvalue weighted by Crippen LogP contribution is -2.40. The van der Waals surface area contributed by atoms with Crippen LogP contribution in [0.4, 0.5) is 0 Å². The number of hydrogen-bond acceptors (Lipinski definition) is 5. The molecule has 0 saturated heterocycles. The second-order valence-electron chi connectivity index (χ2n) is 5.06. The predicted octanol–water partition coefficient (Wildman–Crippen LogP) is 1.97. The Morgan fingerprint density at radius 3 is 2.83 bits per heavy atom. The molecule has 23 heavy (non-hydrogen) atoms. The number of rotatable bonds is 4. The van der Waals surface area contributed by atoms with E-state index >= 15 is 0 Å². The van der Waals surface area contributed by atoms with Crippen molar-refractivity contribution in [3.8, 4) is 23.0 Å². The number of carbonyl (C=O) groups excluding carboxylic acids is 1. The van der Waals surface area contributed by atoms with Crippen LogP contribution in [0.2, 0.25) is 0 Å². The van der Waals surface area contributed by atoms with Crippen LogP contribution >= 0.6 is 0 Å².